The minimum absolute atomic E-state index is 0.150. The third-order valence-corrected chi connectivity index (χ3v) is 3.13. The fourth-order valence-corrected chi connectivity index (χ4v) is 2.13. The lowest BCUT2D eigenvalue weighted by molar-refractivity contribution is 0.0971. The molecular weight excluding hydrogens is 226 g/mol. The summed E-state index contributed by atoms with van der Waals surface area (Å²) >= 11 is 0. The molecule has 0 saturated heterocycles. The van der Waals surface area contributed by atoms with Gasteiger partial charge in [-0.05, 0) is 30.9 Å². The van der Waals surface area contributed by atoms with E-state index in [0.717, 1.165) is 12.8 Å². The van der Waals surface area contributed by atoms with E-state index in [0.29, 0.717) is 11.7 Å². The largest absolute Gasteiger partial charge is 0.445 e. The minimum Gasteiger partial charge on any atom is -0.445 e. The van der Waals surface area contributed by atoms with Crippen LogP contribution in [0.2, 0.25) is 0 Å². The van der Waals surface area contributed by atoms with E-state index < -0.39 is 0 Å². The van der Waals surface area contributed by atoms with Crippen molar-refractivity contribution in [1.29, 1.82) is 5.26 Å². The van der Waals surface area contributed by atoms with Crippen molar-refractivity contribution >= 4 is 5.78 Å². The second-order valence-corrected chi connectivity index (χ2v) is 4.53. The Labute approximate surface area is 107 Å². The Kier molecular flexibility index (Phi) is 4.20. The molecule has 1 aromatic heterocycles. The van der Waals surface area contributed by atoms with E-state index in [4.69, 9.17) is 9.68 Å². The third-order valence-electron chi connectivity index (χ3n) is 3.13. The van der Waals surface area contributed by atoms with Crippen LogP contribution in [0.5, 0.6) is 0 Å². The summed E-state index contributed by atoms with van der Waals surface area (Å²) in [6, 6.07) is 5.10. The highest BCUT2D eigenvalue weighted by atomic mass is 16.3. The van der Waals surface area contributed by atoms with Gasteiger partial charge in [-0.2, -0.15) is 5.26 Å². The molecule has 0 aromatic carbocycles. The number of rotatable bonds is 2. The van der Waals surface area contributed by atoms with Crippen LogP contribution in [0.3, 0.4) is 0 Å². The maximum atomic E-state index is 11.4. The number of ketones is 1. The van der Waals surface area contributed by atoms with Crippen LogP contribution in [0.1, 0.15) is 54.8 Å². The van der Waals surface area contributed by atoms with Crippen LogP contribution in [0.25, 0.3) is 0 Å². The fourth-order valence-electron chi connectivity index (χ4n) is 2.13. The average molecular weight is 241 g/mol. The molecule has 3 nitrogen and oxygen atoms in total. The monoisotopic (exact) mass is 241 g/mol. The Balaban J connectivity index is 2.00. The van der Waals surface area contributed by atoms with Crippen molar-refractivity contribution in [3.8, 4) is 17.9 Å². The summed E-state index contributed by atoms with van der Waals surface area (Å²) < 4.78 is 5.31. The predicted octanol–water partition coefficient (Wildman–Crippen LogP) is 3.31. The van der Waals surface area contributed by atoms with E-state index >= 15 is 0 Å². The molecule has 1 fully saturated rings. The van der Waals surface area contributed by atoms with Crippen molar-refractivity contribution in [2.45, 2.75) is 38.5 Å². The zero-order valence-electron chi connectivity index (χ0n) is 10.2. The van der Waals surface area contributed by atoms with Gasteiger partial charge < -0.3 is 4.42 Å². The summed E-state index contributed by atoms with van der Waals surface area (Å²) in [6.45, 7) is 0. The van der Waals surface area contributed by atoms with Crippen molar-refractivity contribution in [1.82, 2.24) is 0 Å². The molecule has 1 saturated carbocycles. The minimum atomic E-state index is -0.289. The number of carbonyl (C=O) groups is 1. The molecule has 2 rings (SSSR count). The zero-order chi connectivity index (χ0) is 12.8. The molecule has 3 heteroatoms. The van der Waals surface area contributed by atoms with Crippen molar-refractivity contribution in [2.75, 3.05) is 0 Å². The molecule has 0 spiro atoms. The number of carbonyl (C=O) groups excluding carboxylic acids is 1. The molecule has 0 unspecified atom stereocenters. The number of nitrogens with zero attached hydrogens (tertiary/aromatic N) is 1. The normalized spacial score (nSPS) is 15.5. The Morgan fingerprint density at radius 1 is 1.33 bits per heavy atom. The maximum Gasteiger partial charge on any atom is 0.212 e. The summed E-state index contributed by atoms with van der Waals surface area (Å²) in [5.74, 6) is 7.10. The van der Waals surface area contributed by atoms with Gasteiger partial charge in [-0.15, -0.1) is 0 Å². The van der Waals surface area contributed by atoms with E-state index in [1.54, 1.807) is 12.1 Å². The third kappa shape index (κ3) is 3.25. The summed E-state index contributed by atoms with van der Waals surface area (Å²) in [5.41, 5.74) is 0. The van der Waals surface area contributed by atoms with Gasteiger partial charge in [-0.3, -0.25) is 4.79 Å². The van der Waals surface area contributed by atoms with E-state index in [-0.39, 0.29) is 18.0 Å². The molecule has 1 aliphatic rings. The van der Waals surface area contributed by atoms with Crippen LogP contribution in [-0.4, -0.2) is 5.78 Å². The summed E-state index contributed by atoms with van der Waals surface area (Å²) in [7, 11) is 0. The first-order valence-electron chi connectivity index (χ1n) is 6.31. The SMILES string of the molecule is N#CCC(=O)c1ccc(C#CC2CCCCC2)o1. The molecule has 1 aliphatic carbocycles. The Hall–Kier alpha value is -2.00. The first-order valence-corrected chi connectivity index (χ1v) is 6.31. The van der Waals surface area contributed by atoms with Gasteiger partial charge in [0.1, 0.15) is 6.42 Å². The van der Waals surface area contributed by atoms with Gasteiger partial charge in [-0.25, -0.2) is 0 Å². The Morgan fingerprint density at radius 2 is 2.11 bits per heavy atom. The van der Waals surface area contributed by atoms with Gasteiger partial charge in [0.05, 0.1) is 6.07 Å². The van der Waals surface area contributed by atoms with Crippen LogP contribution < -0.4 is 0 Å². The van der Waals surface area contributed by atoms with E-state index in [1.165, 1.54) is 19.3 Å². The highest BCUT2D eigenvalue weighted by Gasteiger charge is 2.11. The summed E-state index contributed by atoms with van der Waals surface area (Å²) in [4.78, 5) is 11.4. The number of Topliss-reactive ketones (excluding diaryl/α,β-unsaturated/α-hetero) is 1. The number of hydrogen-bond donors (Lipinski definition) is 0. The van der Waals surface area contributed by atoms with Crippen molar-refractivity contribution < 1.29 is 9.21 Å². The van der Waals surface area contributed by atoms with Crippen LogP contribution in [-0.2, 0) is 0 Å². The molecule has 1 heterocycles. The molecule has 0 N–H and O–H groups in total. The summed E-state index contributed by atoms with van der Waals surface area (Å²) in [6.07, 6.45) is 5.99. The maximum absolute atomic E-state index is 11.4. The smallest absolute Gasteiger partial charge is 0.212 e. The lowest BCUT2D eigenvalue weighted by Crippen LogP contribution is -2.02. The molecule has 92 valence electrons. The Morgan fingerprint density at radius 3 is 2.83 bits per heavy atom. The zero-order valence-corrected chi connectivity index (χ0v) is 10.2. The fraction of sp³-hybridized carbons (Fsp3) is 0.467. The highest BCUT2D eigenvalue weighted by Crippen LogP contribution is 2.22. The van der Waals surface area contributed by atoms with Gasteiger partial charge in [0, 0.05) is 5.92 Å². The Bertz CT molecular complexity index is 519. The lowest BCUT2D eigenvalue weighted by Gasteiger charge is -2.15. The van der Waals surface area contributed by atoms with Gasteiger partial charge in [0.15, 0.2) is 11.5 Å². The van der Waals surface area contributed by atoms with E-state index in [9.17, 15) is 4.79 Å². The van der Waals surface area contributed by atoms with E-state index in [2.05, 4.69) is 11.8 Å². The standard InChI is InChI=1S/C15H15NO2/c16-11-10-14(17)15-9-8-13(18-15)7-6-12-4-2-1-3-5-12/h8-9,12H,1-5,10H2. The van der Waals surface area contributed by atoms with Crippen molar-refractivity contribution in [2.24, 2.45) is 5.92 Å². The molecule has 0 radical (unpaired) electrons. The topological polar surface area (TPSA) is 54.0 Å². The molecule has 0 bridgehead atoms. The van der Waals surface area contributed by atoms with Gasteiger partial charge >= 0.3 is 0 Å². The molecule has 0 aliphatic heterocycles. The quantitative estimate of drug-likeness (QED) is 0.589. The predicted molar refractivity (Wildman–Crippen MR) is 66.7 cm³/mol. The second kappa shape index (κ2) is 6.07. The van der Waals surface area contributed by atoms with Crippen LogP contribution >= 0.6 is 0 Å². The van der Waals surface area contributed by atoms with Gasteiger partial charge in [0.2, 0.25) is 5.78 Å². The van der Waals surface area contributed by atoms with Crippen molar-refractivity contribution in [3.05, 3.63) is 23.7 Å². The van der Waals surface area contributed by atoms with E-state index in [1.807, 2.05) is 6.07 Å². The highest BCUT2D eigenvalue weighted by molar-refractivity contribution is 5.94. The molecule has 1 aromatic rings. The molecule has 0 atom stereocenters. The van der Waals surface area contributed by atoms with Gasteiger partial charge in [-0.1, -0.05) is 25.2 Å². The number of furan rings is 1. The molecule has 0 amide bonds. The second-order valence-electron chi connectivity index (χ2n) is 4.53. The molecular formula is C15H15NO2. The first-order chi connectivity index (χ1) is 8.79. The van der Waals surface area contributed by atoms with Crippen LogP contribution in [0.15, 0.2) is 16.5 Å². The number of nitriles is 1. The average Bonchev–Trinajstić information content (AvgIpc) is 2.87. The summed E-state index contributed by atoms with van der Waals surface area (Å²) in [5, 5.41) is 8.44. The first kappa shape index (κ1) is 12.5. The molecule has 18 heavy (non-hydrogen) atoms. The van der Waals surface area contributed by atoms with Crippen LogP contribution in [0.4, 0.5) is 0 Å². The number of hydrogen-bond acceptors (Lipinski definition) is 3. The van der Waals surface area contributed by atoms with Crippen molar-refractivity contribution in [3.63, 3.8) is 0 Å². The van der Waals surface area contributed by atoms with Crippen LogP contribution in [0, 0.1) is 29.1 Å². The van der Waals surface area contributed by atoms with Gasteiger partial charge in [0.25, 0.3) is 0 Å². The lowest BCUT2D eigenvalue weighted by atomic mass is 9.90.